The van der Waals surface area contributed by atoms with Gasteiger partial charge in [-0.3, -0.25) is 14.5 Å². The number of esters is 1. The number of halogens is 1. The summed E-state index contributed by atoms with van der Waals surface area (Å²) < 4.78 is 18.2. The Morgan fingerprint density at radius 3 is 2.43 bits per heavy atom. The molecule has 2 aromatic rings. The van der Waals surface area contributed by atoms with Gasteiger partial charge in [0, 0.05) is 24.4 Å². The third-order valence-electron chi connectivity index (χ3n) is 5.06. The van der Waals surface area contributed by atoms with Crippen LogP contribution in [0.3, 0.4) is 0 Å². The molecule has 1 unspecified atom stereocenters. The molecule has 1 aliphatic heterocycles. The van der Waals surface area contributed by atoms with E-state index in [1.165, 1.54) is 36.3 Å². The van der Waals surface area contributed by atoms with Crippen molar-refractivity contribution in [1.82, 2.24) is 5.32 Å². The molecule has 0 aromatic heterocycles. The highest BCUT2D eigenvalue weighted by Crippen LogP contribution is 2.33. The zero-order valence-corrected chi connectivity index (χ0v) is 16.9. The van der Waals surface area contributed by atoms with Crippen molar-refractivity contribution in [3.05, 3.63) is 77.2 Å². The van der Waals surface area contributed by atoms with Gasteiger partial charge in [-0.25, -0.2) is 9.18 Å². The maximum Gasteiger partial charge on any atom is 0.336 e. The van der Waals surface area contributed by atoms with E-state index < -0.39 is 23.6 Å². The zero-order valence-electron chi connectivity index (χ0n) is 16.9. The molecule has 7 heteroatoms. The summed E-state index contributed by atoms with van der Waals surface area (Å²) in [5.74, 6) is -2.81. The van der Waals surface area contributed by atoms with E-state index in [4.69, 9.17) is 4.74 Å². The van der Waals surface area contributed by atoms with Crippen LogP contribution in [0.15, 0.2) is 65.9 Å². The van der Waals surface area contributed by atoms with Crippen LogP contribution in [0.2, 0.25) is 0 Å². The number of hydrogen-bond acceptors (Lipinski definition) is 4. The first-order valence-corrected chi connectivity index (χ1v) is 9.61. The van der Waals surface area contributed by atoms with Gasteiger partial charge in [0.25, 0.3) is 0 Å². The van der Waals surface area contributed by atoms with Crippen molar-refractivity contribution < 1.29 is 23.5 Å². The molecule has 1 atom stereocenters. The number of methoxy groups -OCH3 is 1. The van der Waals surface area contributed by atoms with Gasteiger partial charge in [0.1, 0.15) is 5.82 Å². The van der Waals surface area contributed by atoms with Gasteiger partial charge in [0.05, 0.1) is 18.6 Å². The quantitative estimate of drug-likeness (QED) is 0.743. The largest absolute Gasteiger partial charge is 0.466 e. The van der Waals surface area contributed by atoms with E-state index in [0.717, 1.165) is 5.56 Å². The Morgan fingerprint density at radius 1 is 1.13 bits per heavy atom. The number of amides is 2. The van der Waals surface area contributed by atoms with Crippen LogP contribution in [0.5, 0.6) is 0 Å². The maximum absolute atomic E-state index is 13.3. The Kier molecular flexibility index (Phi) is 6.61. The molecule has 0 spiro atoms. The van der Waals surface area contributed by atoms with Crippen LogP contribution in [0.25, 0.3) is 0 Å². The first-order chi connectivity index (χ1) is 14.4. The van der Waals surface area contributed by atoms with Crippen LogP contribution in [0.4, 0.5) is 10.1 Å². The highest BCUT2D eigenvalue weighted by Gasteiger charge is 2.40. The predicted molar refractivity (Wildman–Crippen MR) is 110 cm³/mol. The first-order valence-electron chi connectivity index (χ1n) is 9.61. The topological polar surface area (TPSA) is 75.7 Å². The standard InChI is InChI=1S/C23H23FN2O4/c1-15-21(23(29)30-2)19(22(28)25-13-12-16-6-4-3-5-7-16)14-20(27)26(15)18-10-8-17(24)9-11-18/h3-11,19H,12-14H2,1-2H3,(H,25,28). The van der Waals surface area contributed by atoms with Gasteiger partial charge in [-0.1, -0.05) is 30.3 Å². The van der Waals surface area contributed by atoms with Crippen LogP contribution in [0.1, 0.15) is 18.9 Å². The number of nitrogens with one attached hydrogen (secondary N) is 1. The second-order valence-electron chi connectivity index (χ2n) is 6.98. The lowest BCUT2D eigenvalue weighted by Gasteiger charge is -2.33. The molecule has 30 heavy (non-hydrogen) atoms. The van der Waals surface area contributed by atoms with Crippen molar-refractivity contribution in [2.45, 2.75) is 19.8 Å². The Bertz CT molecular complexity index is 970. The van der Waals surface area contributed by atoms with Crippen molar-refractivity contribution in [1.29, 1.82) is 0 Å². The first kappa shape index (κ1) is 21.2. The summed E-state index contributed by atoms with van der Waals surface area (Å²) in [6, 6.07) is 15.0. The minimum absolute atomic E-state index is 0.124. The fraction of sp³-hybridized carbons (Fsp3) is 0.261. The van der Waals surface area contributed by atoms with Crippen molar-refractivity contribution in [2.24, 2.45) is 5.92 Å². The van der Waals surface area contributed by atoms with Crippen LogP contribution in [-0.2, 0) is 25.5 Å². The van der Waals surface area contributed by atoms with Gasteiger partial charge in [-0.05, 0) is 43.2 Å². The summed E-state index contributed by atoms with van der Waals surface area (Å²) >= 11 is 0. The molecule has 1 N–H and O–H groups in total. The predicted octanol–water partition coefficient (Wildman–Crippen LogP) is 2.98. The number of hydrogen-bond donors (Lipinski definition) is 1. The van der Waals surface area contributed by atoms with Crippen LogP contribution < -0.4 is 10.2 Å². The Labute approximate surface area is 174 Å². The van der Waals surface area contributed by atoms with Gasteiger partial charge in [-0.15, -0.1) is 0 Å². The molecule has 0 aliphatic carbocycles. The number of anilines is 1. The summed E-state index contributed by atoms with van der Waals surface area (Å²) in [6.45, 7) is 1.96. The summed E-state index contributed by atoms with van der Waals surface area (Å²) in [6.07, 6.45) is 0.446. The Balaban J connectivity index is 1.83. The second kappa shape index (κ2) is 9.35. The van der Waals surface area contributed by atoms with E-state index in [1.807, 2.05) is 30.3 Å². The summed E-state index contributed by atoms with van der Waals surface area (Å²) in [7, 11) is 1.23. The van der Waals surface area contributed by atoms with Gasteiger partial charge in [0.2, 0.25) is 11.8 Å². The van der Waals surface area contributed by atoms with Crippen LogP contribution >= 0.6 is 0 Å². The number of ether oxygens (including phenoxy) is 1. The van der Waals surface area contributed by atoms with Gasteiger partial charge in [-0.2, -0.15) is 0 Å². The molecular weight excluding hydrogens is 387 g/mol. The van der Waals surface area contributed by atoms with Gasteiger partial charge in [0.15, 0.2) is 0 Å². The fourth-order valence-corrected chi connectivity index (χ4v) is 3.58. The molecule has 156 valence electrons. The van der Waals surface area contributed by atoms with Gasteiger partial charge >= 0.3 is 5.97 Å². The number of carbonyl (C=O) groups is 3. The monoisotopic (exact) mass is 410 g/mol. The zero-order chi connectivity index (χ0) is 21.7. The highest BCUT2D eigenvalue weighted by atomic mass is 19.1. The lowest BCUT2D eigenvalue weighted by atomic mass is 9.88. The molecule has 0 bridgehead atoms. The van der Waals surface area contributed by atoms with E-state index in [1.54, 1.807) is 6.92 Å². The lowest BCUT2D eigenvalue weighted by Crippen LogP contribution is -2.45. The normalized spacial score (nSPS) is 16.4. The van der Waals surface area contributed by atoms with E-state index >= 15 is 0 Å². The average molecular weight is 410 g/mol. The molecule has 0 saturated heterocycles. The lowest BCUT2D eigenvalue weighted by molar-refractivity contribution is -0.139. The average Bonchev–Trinajstić information content (AvgIpc) is 2.75. The van der Waals surface area contributed by atoms with Crippen LogP contribution in [0, 0.1) is 11.7 Å². The number of nitrogens with zero attached hydrogens (tertiary/aromatic N) is 1. The highest BCUT2D eigenvalue weighted by molar-refractivity contribution is 6.08. The summed E-state index contributed by atoms with van der Waals surface area (Å²) in [4.78, 5) is 39.4. The summed E-state index contributed by atoms with van der Waals surface area (Å²) in [5.41, 5.74) is 1.91. The SMILES string of the molecule is COC(=O)C1=C(C)N(c2ccc(F)cc2)C(=O)CC1C(=O)NCCc1ccccc1. The third kappa shape index (κ3) is 4.56. The van der Waals surface area contributed by atoms with E-state index in [-0.39, 0.29) is 17.9 Å². The minimum Gasteiger partial charge on any atom is -0.466 e. The summed E-state index contributed by atoms with van der Waals surface area (Å²) in [5, 5.41) is 2.81. The maximum atomic E-state index is 13.3. The third-order valence-corrected chi connectivity index (χ3v) is 5.06. The fourth-order valence-electron chi connectivity index (χ4n) is 3.58. The van der Waals surface area contributed by atoms with Crippen molar-refractivity contribution in [3.63, 3.8) is 0 Å². The van der Waals surface area contributed by atoms with E-state index in [0.29, 0.717) is 24.4 Å². The number of rotatable bonds is 6. The van der Waals surface area contributed by atoms with Gasteiger partial charge < -0.3 is 10.1 Å². The molecule has 2 aromatic carbocycles. The molecule has 0 saturated carbocycles. The molecule has 0 fully saturated rings. The molecule has 3 rings (SSSR count). The van der Waals surface area contributed by atoms with E-state index in [2.05, 4.69) is 5.32 Å². The number of benzene rings is 2. The van der Waals surface area contributed by atoms with Crippen molar-refractivity contribution >= 4 is 23.5 Å². The molecule has 2 amide bonds. The smallest absolute Gasteiger partial charge is 0.336 e. The van der Waals surface area contributed by atoms with Crippen LogP contribution in [-0.4, -0.2) is 31.4 Å². The van der Waals surface area contributed by atoms with Crippen molar-refractivity contribution in [3.8, 4) is 0 Å². The minimum atomic E-state index is -0.947. The second-order valence-corrected chi connectivity index (χ2v) is 6.98. The molecule has 0 radical (unpaired) electrons. The Hall–Kier alpha value is -3.48. The molecular formula is C23H23FN2O4. The number of carbonyl (C=O) groups excluding carboxylic acids is 3. The van der Waals surface area contributed by atoms with E-state index in [9.17, 15) is 18.8 Å². The Morgan fingerprint density at radius 2 is 1.80 bits per heavy atom. The molecule has 1 heterocycles. The molecule has 6 nitrogen and oxygen atoms in total. The van der Waals surface area contributed by atoms with Crippen molar-refractivity contribution in [2.75, 3.05) is 18.6 Å². The number of allylic oxidation sites excluding steroid dienone is 1. The molecule has 1 aliphatic rings.